The average molecular weight is 427 g/mol. The summed E-state index contributed by atoms with van der Waals surface area (Å²) in [5.74, 6) is 0.653. The number of benzene rings is 2. The fourth-order valence-electron chi connectivity index (χ4n) is 5.25. The minimum Gasteiger partial charge on any atom is -0.494 e. The predicted octanol–water partition coefficient (Wildman–Crippen LogP) is 4.16. The van der Waals surface area contributed by atoms with Gasteiger partial charge in [0.2, 0.25) is 0 Å². The van der Waals surface area contributed by atoms with Gasteiger partial charge in [-0.3, -0.25) is 9.80 Å². The molecule has 4 nitrogen and oxygen atoms in total. The monoisotopic (exact) mass is 426 g/mol. The predicted molar refractivity (Wildman–Crippen MR) is 122 cm³/mol. The van der Waals surface area contributed by atoms with Gasteiger partial charge in [0.25, 0.3) is 0 Å². The molecule has 2 aromatic carbocycles. The highest BCUT2D eigenvalue weighted by Crippen LogP contribution is 2.29. The molecule has 0 amide bonds. The first-order chi connectivity index (χ1) is 15.2. The van der Waals surface area contributed by atoms with E-state index in [4.69, 9.17) is 9.47 Å². The molecule has 0 spiro atoms. The van der Waals surface area contributed by atoms with Crippen LogP contribution in [0.5, 0.6) is 5.75 Å². The van der Waals surface area contributed by atoms with E-state index in [1.807, 2.05) is 12.1 Å². The summed E-state index contributed by atoms with van der Waals surface area (Å²) in [6, 6.07) is 14.7. The number of hydrogen-bond acceptors (Lipinski definition) is 4. The first kappa shape index (κ1) is 22.3. The number of hydrogen-bond donors (Lipinski definition) is 0. The van der Waals surface area contributed by atoms with Gasteiger partial charge in [0.1, 0.15) is 0 Å². The van der Waals surface area contributed by atoms with E-state index in [9.17, 15) is 4.39 Å². The van der Waals surface area contributed by atoms with E-state index in [-0.39, 0.29) is 5.82 Å². The molecule has 1 atom stereocenters. The maximum Gasteiger partial charge on any atom is 0.165 e. The Kier molecular flexibility index (Phi) is 7.59. The molecule has 1 aliphatic carbocycles. The Morgan fingerprint density at radius 2 is 1.87 bits per heavy atom. The molecule has 0 aromatic heterocycles. The third kappa shape index (κ3) is 5.65. The SMILES string of the molecule is COCCN(Cc1ccc(F)c(OC)c1)CC1CCCN(C2Cc3ccccc3C2)C1. The van der Waals surface area contributed by atoms with Gasteiger partial charge in [0.05, 0.1) is 13.7 Å². The molecular formula is C26H35FN2O2. The highest BCUT2D eigenvalue weighted by atomic mass is 19.1. The van der Waals surface area contributed by atoms with Crippen molar-refractivity contribution < 1.29 is 13.9 Å². The summed E-state index contributed by atoms with van der Waals surface area (Å²) in [7, 11) is 3.27. The first-order valence-corrected chi connectivity index (χ1v) is 11.5. The third-order valence-corrected chi connectivity index (χ3v) is 6.85. The highest BCUT2D eigenvalue weighted by Gasteiger charge is 2.31. The van der Waals surface area contributed by atoms with Crippen molar-refractivity contribution in [1.82, 2.24) is 9.80 Å². The number of piperidine rings is 1. The van der Waals surface area contributed by atoms with Crippen LogP contribution in [0, 0.1) is 11.7 Å². The van der Waals surface area contributed by atoms with Gasteiger partial charge in [-0.2, -0.15) is 0 Å². The zero-order valence-electron chi connectivity index (χ0n) is 18.9. The molecule has 1 aliphatic heterocycles. The Morgan fingerprint density at radius 3 is 2.58 bits per heavy atom. The van der Waals surface area contributed by atoms with Gasteiger partial charge in [-0.25, -0.2) is 4.39 Å². The van der Waals surface area contributed by atoms with E-state index in [2.05, 4.69) is 34.1 Å². The van der Waals surface area contributed by atoms with E-state index < -0.39 is 0 Å². The smallest absolute Gasteiger partial charge is 0.165 e. The Hall–Kier alpha value is -1.95. The molecule has 1 saturated heterocycles. The van der Waals surface area contributed by atoms with Gasteiger partial charge in [-0.15, -0.1) is 0 Å². The summed E-state index contributed by atoms with van der Waals surface area (Å²) in [6.45, 7) is 5.77. The number of methoxy groups -OCH3 is 2. The van der Waals surface area contributed by atoms with Crippen LogP contribution in [0.1, 0.15) is 29.5 Å². The largest absolute Gasteiger partial charge is 0.494 e. The second kappa shape index (κ2) is 10.6. The molecular weight excluding hydrogens is 391 g/mol. The van der Waals surface area contributed by atoms with Crippen molar-refractivity contribution in [3.05, 3.63) is 65.0 Å². The van der Waals surface area contributed by atoms with Crippen LogP contribution in [-0.2, 0) is 24.1 Å². The van der Waals surface area contributed by atoms with Gasteiger partial charge in [-0.05, 0) is 67.0 Å². The molecule has 0 bridgehead atoms. The van der Waals surface area contributed by atoms with Gasteiger partial charge in [-0.1, -0.05) is 30.3 Å². The van der Waals surface area contributed by atoms with Crippen LogP contribution >= 0.6 is 0 Å². The fraction of sp³-hybridized carbons (Fsp3) is 0.538. The average Bonchev–Trinajstić information content (AvgIpc) is 3.23. The van der Waals surface area contributed by atoms with Crippen LogP contribution in [0.4, 0.5) is 4.39 Å². The van der Waals surface area contributed by atoms with Crippen LogP contribution in [0.2, 0.25) is 0 Å². The molecule has 0 radical (unpaired) electrons. The summed E-state index contributed by atoms with van der Waals surface area (Å²) in [5, 5.41) is 0. The summed E-state index contributed by atoms with van der Waals surface area (Å²) >= 11 is 0. The standard InChI is InChI=1S/C26H35FN2O2/c1-30-13-12-28(17-20-9-10-25(27)26(14-20)31-2)18-21-6-5-11-29(19-21)24-15-22-7-3-4-8-23(22)16-24/h3-4,7-10,14,21,24H,5-6,11-13,15-19H2,1-2H3. The maximum atomic E-state index is 13.8. The number of fused-ring (bicyclic) bond motifs is 1. The summed E-state index contributed by atoms with van der Waals surface area (Å²) in [6.07, 6.45) is 4.91. The molecule has 2 aromatic rings. The van der Waals surface area contributed by atoms with E-state index in [0.717, 1.165) is 31.7 Å². The second-order valence-electron chi connectivity index (χ2n) is 9.03. The lowest BCUT2D eigenvalue weighted by molar-refractivity contribution is 0.0843. The molecule has 2 aliphatic rings. The Morgan fingerprint density at radius 1 is 1.10 bits per heavy atom. The molecule has 31 heavy (non-hydrogen) atoms. The van der Waals surface area contributed by atoms with Crippen molar-refractivity contribution in [2.75, 3.05) is 47.0 Å². The van der Waals surface area contributed by atoms with Gasteiger partial charge in [0, 0.05) is 39.3 Å². The van der Waals surface area contributed by atoms with E-state index >= 15 is 0 Å². The van der Waals surface area contributed by atoms with Crippen molar-refractivity contribution in [1.29, 1.82) is 0 Å². The van der Waals surface area contributed by atoms with Crippen molar-refractivity contribution in [3.63, 3.8) is 0 Å². The first-order valence-electron chi connectivity index (χ1n) is 11.5. The van der Waals surface area contributed by atoms with E-state index in [1.54, 1.807) is 7.11 Å². The summed E-state index contributed by atoms with van der Waals surface area (Å²) in [5.41, 5.74) is 4.14. The molecule has 4 rings (SSSR count). The fourth-order valence-corrected chi connectivity index (χ4v) is 5.25. The highest BCUT2D eigenvalue weighted by molar-refractivity contribution is 5.33. The van der Waals surface area contributed by atoms with Gasteiger partial charge >= 0.3 is 0 Å². The minimum atomic E-state index is -0.310. The van der Waals surface area contributed by atoms with E-state index in [0.29, 0.717) is 24.3 Å². The third-order valence-electron chi connectivity index (χ3n) is 6.85. The summed E-state index contributed by atoms with van der Waals surface area (Å²) in [4.78, 5) is 5.18. The van der Waals surface area contributed by atoms with Gasteiger partial charge in [0.15, 0.2) is 11.6 Å². The topological polar surface area (TPSA) is 24.9 Å². The number of ether oxygens (including phenoxy) is 2. The molecule has 168 valence electrons. The lowest BCUT2D eigenvalue weighted by Gasteiger charge is -2.38. The normalized spacial score (nSPS) is 19.7. The Labute approximate surface area is 185 Å². The Bertz CT molecular complexity index is 834. The molecule has 5 heteroatoms. The lowest BCUT2D eigenvalue weighted by Crippen LogP contribution is -2.46. The molecule has 1 heterocycles. The van der Waals surface area contributed by atoms with Gasteiger partial charge < -0.3 is 9.47 Å². The molecule has 1 fully saturated rings. The van der Waals surface area contributed by atoms with Crippen LogP contribution in [0.3, 0.4) is 0 Å². The maximum absolute atomic E-state index is 13.8. The van der Waals surface area contributed by atoms with Crippen molar-refractivity contribution in [3.8, 4) is 5.75 Å². The number of nitrogens with zero attached hydrogens (tertiary/aromatic N) is 2. The van der Waals surface area contributed by atoms with Crippen LogP contribution in [0.15, 0.2) is 42.5 Å². The zero-order chi connectivity index (χ0) is 21.6. The Balaban J connectivity index is 1.37. The molecule has 0 N–H and O–H groups in total. The number of rotatable bonds is 9. The summed E-state index contributed by atoms with van der Waals surface area (Å²) < 4.78 is 24.3. The van der Waals surface area contributed by atoms with Crippen molar-refractivity contribution >= 4 is 0 Å². The number of likely N-dealkylation sites (tertiary alicyclic amines) is 1. The van der Waals surface area contributed by atoms with E-state index in [1.165, 1.54) is 56.5 Å². The zero-order valence-corrected chi connectivity index (χ0v) is 18.9. The lowest BCUT2D eigenvalue weighted by atomic mass is 9.95. The second-order valence-corrected chi connectivity index (χ2v) is 9.03. The quantitative estimate of drug-likeness (QED) is 0.601. The molecule has 0 saturated carbocycles. The van der Waals surface area contributed by atoms with Crippen molar-refractivity contribution in [2.24, 2.45) is 5.92 Å². The van der Waals surface area contributed by atoms with Crippen LogP contribution in [-0.4, -0.2) is 62.8 Å². The van der Waals surface area contributed by atoms with Crippen LogP contribution in [0.25, 0.3) is 0 Å². The number of halogens is 1. The molecule has 1 unspecified atom stereocenters. The van der Waals surface area contributed by atoms with Crippen molar-refractivity contribution in [2.45, 2.75) is 38.3 Å². The van der Waals surface area contributed by atoms with Crippen LogP contribution < -0.4 is 4.74 Å². The minimum absolute atomic E-state index is 0.310.